The monoisotopic (exact) mass is 533 g/mol. The van der Waals surface area contributed by atoms with E-state index in [0.29, 0.717) is 17.3 Å². The van der Waals surface area contributed by atoms with Gasteiger partial charge >= 0.3 is 0 Å². The van der Waals surface area contributed by atoms with Crippen LogP contribution in [0.5, 0.6) is 11.5 Å². The number of halogens is 1. The van der Waals surface area contributed by atoms with Crippen LogP contribution in [0.15, 0.2) is 34.2 Å². The molecule has 0 spiro atoms. The van der Waals surface area contributed by atoms with Gasteiger partial charge in [0.1, 0.15) is 16.4 Å². The summed E-state index contributed by atoms with van der Waals surface area (Å²) in [6.45, 7) is 1.75. The quantitative estimate of drug-likeness (QED) is 0.336. The molecule has 2 amide bonds. The molecule has 0 unspecified atom stereocenters. The average Bonchev–Trinajstić information content (AvgIpc) is 2.91. The van der Waals surface area contributed by atoms with Crippen LogP contribution in [0.2, 0.25) is 5.02 Å². The molecule has 0 saturated heterocycles. The fourth-order valence-electron chi connectivity index (χ4n) is 4.49. The van der Waals surface area contributed by atoms with Crippen molar-refractivity contribution in [2.24, 2.45) is 16.5 Å². The summed E-state index contributed by atoms with van der Waals surface area (Å²) in [5, 5.41) is 6.19. The smallest absolute Gasteiger partial charge is 0.280 e. The number of benzene rings is 2. The molecule has 0 radical (unpaired) electrons. The molecule has 4 rings (SSSR count). The summed E-state index contributed by atoms with van der Waals surface area (Å²) in [6.07, 6.45) is 5.62. The molecule has 6 N–H and O–H groups in total. The number of nitrogens with two attached hydrogens (primary N) is 2. The van der Waals surface area contributed by atoms with Crippen LogP contribution in [0.1, 0.15) is 53.6 Å². The number of aliphatic imine (C=N–C) groups is 1. The SMILES string of the molecule is Cc1cc(C(=O)N=C(N)N)cc2c1Oc1c(Cl)cc(NC(=O)CNC3CCCCC3)cc1CS2(=O)=O. The van der Waals surface area contributed by atoms with Crippen LogP contribution in [-0.4, -0.2) is 38.8 Å². The molecule has 0 bridgehead atoms. The minimum absolute atomic E-state index is 0.00213. The van der Waals surface area contributed by atoms with Crippen molar-refractivity contribution in [3.8, 4) is 11.5 Å². The second kappa shape index (κ2) is 10.5. The first-order valence-corrected chi connectivity index (χ1v) is 13.6. The van der Waals surface area contributed by atoms with Crippen molar-refractivity contribution < 1.29 is 22.7 Å². The van der Waals surface area contributed by atoms with Gasteiger partial charge in [0, 0.05) is 22.9 Å². The van der Waals surface area contributed by atoms with Crippen molar-refractivity contribution in [3.63, 3.8) is 0 Å². The third kappa shape index (κ3) is 5.80. The topological polar surface area (TPSA) is 166 Å². The summed E-state index contributed by atoms with van der Waals surface area (Å²) in [4.78, 5) is 28.1. The molecule has 10 nitrogen and oxygen atoms in total. The number of hydrogen-bond acceptors (Lipinski definition) is 6. The Morgan fingerprint density at radius 1 is 1.11 bits per heavy atom. The summed E-state index contributed by atoms with van der Waals surface area (Å²) in [5.41, 5.74) is 11.6. The van der Waals surface area contributed by atoms with E-state index in [1.807, 2.05) is 0 Å². The van der Waals surface area contributed by atoms with Crippen molar-refractivity contribution in [1.29, 1.82) is 0 Å². The number of anilines is 1. The predicted molar refractivity (Wildman–Crippen MR) is 137 cm³/mol. The van der Waals surface area contributed by atoms with Gasteiger partial charge in [-0.3, -0.25) is 9.59 Å². The lowest BCUT2D eigenvalue weighted by Gasteiger charge is -2.22. The fraction of sp³-hybridized carbons (Fsp3) is 0.375. The Morgan fingerprint density at radius 2 is 1.83 bits per heavy atom. The van der Waals surface area contributed by atoms with Gasteiger partial charge in [-0.1, -0.05) is 30.9 Å². The van der Waals surface area contributed by atoms with E-state index in [9.17, 15) is 18.0 Å². The number of fused-ring (bicyclic) bond motifs is 2. The van der Waals surface area contributed by atoms with E-state index in [1.165, 1.54) is 30.7 Å². The van der Waals surface area contributed by atoms with E-state index in [2.05, 4.69) is 15.6 Å². The van der Waals surface area contributed by atoms with Crippen molar-refractivity contribution >= 4 is 44.9 Å². The third-order valence-electron chi connectivity index (χ3n) is 6.16. The number of nitrogens with zero attached hydrogens (tertiary/aromatic N) is 1. The lowest BCUT2D eigenvalue weighted by Crippen LogP contribution is -2.37. The molecule has 1 aliphatic carbocycles. The normalized spacial score (nSPS) is 16.6. The highest BCUT2D eigenvalue weighted by atomic mass is 35.5. The number of sulfone groups is 1. The summed E-state index contributed by atoms with van der Waals surface area (Å²) >= 11 is 6.47. The molecule has 1 saturated carbocycles. The minimum Gasteiger partial charge on any atom is -0.454 e. The standard InChI is InChI=1S/C24H28ClN5O5S/c1-13-7-14(23(32)30-24(26)27)9-19-21(13)35-22-15(12-36(19,33)34)8-17(10-18(22)25)29-20(31)11-28-16-5-3-2-4-6-16/h7-10,16,28H,2-6,11-12H2,1H3,(H,29,31)(H4,26,27,30,32). The molecule has 2 aliphatic rings. The van der Waals surface area contributed by atoms with E-state index in [0.717, 1.165) is 25.7 Å². The van der Waals surface area contributed by atoms with Crippen molar-refractivity contribution in [2.75, 3.05) is 11.9 Å². The van der Waals surface area contributed by atoms with E-state index < -0.39 is 27.5 Å². The molecule has 1 aliphatic heterocycles. The van der Waals surface area contributed by atoms with E-state index in [4.69, 9.17) is 27.8 Å². The lowest BCUT2D eigenvalue weighted by molar-refractivity contribution is -0.115. The van der Waals surface area contributed by atoms with Crippen LogP contribution in [0, 0.1) is 6.92 Å². The van der Waals surface area contributed by atoms with Crippen LogP contribution < -0.4 is 26.8 Å². The second-order valence-corrected chi connectivity index (χ2v) is 11.4. The number of amides is 2. The summed E-state index contributed by atoms with van der Waals surface area (Å²) in [5.74, 6) is -1.68. The molecule has 192 valence electrons. The number of carbonyl (C=O) groups excluding carboxylic acids is 2. The van der Waals surface area contributed by atoms with Gasteiger partial charge in [-0.15, -0.1) is 0 Å². The maximum absolute atomic E-state index is 13.3. The summed E-state index contributed by atoms with van der Waals surface area (Å²) in [7, 11) is -3.96. The molecular formula is C24H28ClN5O5S. The molecule has 2 aromatic rings. The molecule has 12 heteroatoms. The third-order valence-corrected chi connectivity index (χ3v) is 8.11. The molecule has 0 atom stereocenters. The zero-order valence-corrected chi connectivity index (χ0v) is 21.3. The molecule has 2 aromatic carbocycles. The van der Waals surface area contributed by atoms with Gasteiger partial charge in [0.25, 0.3) is 5.91 Å². The molecule has 1 heterocycles. The molecular weight excluding hydrogens is 506 g/mol. The Balaban J connectivity index is 1.60. The van der Waals surface area contributed by atoms with Crippen LogP contribution in [0.25, 0.3) is 0 Å². The van der Waals surface area contributed by atoms with Gasteiger partial charge in [0.2, 0.25) is 5.91 Å². The Kier molecular flexibility index (Phi) is 7.53. The first-order chi connectivity index (χ1) is 17.0. The second-order valence-electron chi connectivity index (χ2n) is 9.03. The Morgan fingerprint density at radius 3 is 2.53 bits per heavy atom. The Hall–Kier alpha value is -3.15. The number of ether oxygens (including phenoxy) is 1. The first-order valence-electron chi connectivity index (χ1n) is 11.6. The highest BCUT2D eigenvalue weighted by Gasteiger charge is 2.31. The lowest BCUT2D eigenvalue weighted by atomic mass is 9.95. The van der Waals surface area contributed by atoms with Crippen LogP contribution in [-0.2, 0) is 20.4 Å². The number of nitrogens with one attached hydrogen (secondary N) is 2. The fourth-order valence-corrected chi connectivity index (χ4v) is 6.33. The number of rotatable bonds is 5. The maximum Gasteiger partial charge on any atom is 0.280 e. The first kappa shape index (κ1) is 25.9. The van der Waals surface area contributed by atoms with E-state index in [-0.39, 0.29) is 45.0 Å². The molecule has 0 aromatic heterocycles. The van der Waals surface area contributed by atoms with Crippen molar-refractivity contribution in [1.82, 2.24) is 5.32 Å². The average molecular weight is 534 g/mol. The molecule has 36 heavy (non-hydrogen) atoms. The highest BCUT2D eigenvalue weighted by molar-refractivity contribution is 7.90. The largest absolute Gasteiger partial charge is 0.454 e. The van der Waals surface area contributed by atoms with Crippen molar-refractivity contribution in [2.45, 2.75) is 55.7 Å². The number of hydrogen-bond donors (Lipinski definition) is 4. The van der Waals surface area contributed by atoms with Gasteiger partial charge in [0.05, 0.1) is 17.3 Å². The zero-order valence-electron chi connectivity index (χ0n) is 19.8. The zero-order chi connectivity index (χ0) is 26.0. The summed E-state index contributed by atoms with van der Waals surface area (Å²) in [6, 6.07) is 6.00. The van der Waals surface area contributed by atoms with Crippen LogP contribution >= 0.6 is 11.6 Å². The number of guanidine groups is 1. The predicted octanol–water partition coefficient (Wildman–Crippen LogP) is 3.00. The van der Waals surface area contributed by atoms with Gasteiger partial charge in [-0.25, -0.2) is 8.42 Å². The number of aryl methyl sites for hydroxylation is 1. The minimum atomic E-state index is -3.96. The van der Waals surface area contributed by atoms with E-state index >= 15 is 0 Å². The highest BCUT2D eigenvalue weighted by Crippen LogP contribution is 2.44. The summed E-state index contributed by atoms with van der Waals surface area (Å²) < 4.78 is 32.6. The van der Waals surface area contributed by atoms with E-state index in [1.54, 1.807) is 6.92 Å². The number of carbonyl (C=O) groups is 2. The van der Waals surface area contributed by atoms with Crippen LogP contribution in [0.4, 0.5) is 5.69 Å². The molecule has 1 fully saturated rings. The van der Waals surface area contributed by atoms with Crippen LogP contribution in [0.3, 0.4) is 0 Å². The van der Waals surface area contributed by atoms with Gasteiger partial charge < -0.3 is 26.8 Å². The van der Waals surface area contributed by atoms with Gasteiger partial charge in [0.15, 0.2) is 15.8 Å². The van der Waals surface area contributed by atoms with Gasteiger partial charge in [-0.05, 0) is 49.6 Å². The van der Waals surface area contributed by atoms with Crippen molar-refractivity contribution in [3.05, 3.63) is 46.0 Å². The van der Waals surface area contributed by atoms with Gasteiger partial charge in [-0.2, -0.15) is 4.99 Å². The Labute approximate surface area is 214 Å². The maximum atomic E-state index is 13.3. The Bertz CT molecular complexity index is 1350.